The Balaban J connectivity index is 2.32. The molecular weight excluding hydrogens is 252 g/mol. The van der Waals surface area contributed by atoms with Crippen molar-refractivity contribution in [3.05, 3.63) is 60.7 Å². The molecule has 0 aliphatic heterocycles. The number of anilines is 2. The van der Waals surface area contributed by atoms with E-state index in [4.69, 9.17) is 0 Å². The molecule has 0 aromatic heterocycles. The number of Topliss-reactive ketones (excluding diaryl/α,β-unsaturated/α-hetero) is 1. The summed E-state index contributed by atoms with van der Waals surface area (Å²) in [6.07, 6.45) is 0. The Bertz CT molecular complexity index is 503. The Morgan fingerprint density at radius 3 is 1.85 bits per heavy atom. The summed E-state index contributed by atoms with van der Waals surface area (Å²) in [6.45, 7) is 1.22. The van der Waals surface area contributed by atoms with Gasteiger partial charge < -0.3 is 5.11 Å². The smallest absolute Gasteiger partial charge is 0.150 e. The van der Waals surface area contributed by atoms with Gasteiger partial charge in [-0.25, -0.2) is 5.43 Å². The van der Waals surface area contributed by atoms with Crippen molar-refractivity contribution in [1.29, 1.82) is 0 Å². The molecule has 2 aromatic rings. The molecule has 0 saturated heterocycles. The van der Waals surface area contributed by atoms with Gasteiger partial charge in [-0.2, -0.15) is 0 Å². The number of nitrogens with zero attached hydrogens (tertiary/aromatic N) is 1. The van der Waals surface area contributed by atoms with E-state index in [9.17, 15) is 9.90 Å². The molecule has 4 nitrogen and oxygen atoms in total. The first-order valence-corrected chi connectivity index (χ1v) is 6.50. The predicted octanol–water partition coefficient (Wildman–Crippen LogP) is 2.28. The van der Waals surface area contributed by atoms with Crippen LogP contribution in [0.2, 0.25) is 0 Å². The topological polar surface area (TPSA) is 52.6 Å². The third-order valence-electron chi connectivity index (χ3n) is 2.99. The van der Waals surface area contributed by atoms with Crippen LogP contribution < -0.4 is 10.4 Å². The quantitative estimate of drug-likeness (QED) is 0.791. The van der Waals surface area contributed by atoms with Crippen molar-refractivity contribution in [3.8, 4) is 0 Å². The fourth-order valence-electron chi connectivity index (χ4n) is 1.87. The molecule has 0 saturated carbocycles. The second-order valence-electron chi connectivity index (χ2n) is 4.48. The molecule has 4 heteroatoms. The molecule has 2 aromatic carbocycles. The molecule has 0 spiro atoms. The van der Waals surface area contributed by atoms with Gasteiger partial charge in [0.25, 0.3) is 0 Å². The number of ketones is 1. The standard InChI is InChI=1S/C16H18N2O2/c1-13(20)16(12-19)17-18(14-8-4-2-5-9-14)15-10-6-3-7-11-15/h2-11,16-17,19H,12H2,1H3. The zero-order valence-corrected chi connectivity index (χ0v) is 11.4. The Morgan fingerprint density at radius 2 is 1.50 bits per heavy atom. The summed E-state index contributed by atoms with van der Waals surface area (Å²) in [4.78, 5) is 11.5. The minimum atomic E-state index is -0.629. The van der Waals surface area contributed by atoms with Crippen molar-refractivity contribution in [2.75, 3.05) is 11.6 Å². The van der Waals surface area contributed by atoms with E-state index < -0.39 is 6.04 Å². The van der Waals surface area contributed by atoms with Crippen LogP contribution in [0, 0.1) is 0 Å². The van der Waals surface area contributed by atoms with E-state index in [1.54, 1.807) is 0 Å². The lowest BCUT2D eigenvalue weighted by molar-refractivity contribution is -0.119. The first-order valence-electron chi connectivity index (χ1n) is 6.50. The Labute approximate surface area is 118 Å². The van der Waals surface area contributed by atoms with Crippen molar-refractivity contribution < 1.29 is 9.90 Å². The van der Waals surface area contributed by atoms with E-state index >= 15 is 0 Å². The van der Waals surface area contributed by atoms with Gasteiger partial charge in [0.2, 0.25) is 0 Å². The van der Waals surface area contributed by atoms with Crippen LogP contribution in [0.3, 0.4) is 0 Å². The normalized spacial score (nSPS) is 11.9. The molecule has 0 aliphatic rings. The number of para-hydroxylation sites is 2. The van der Waals surface area contributed by atoms with Gasteiger partial charge in [-0.15, -0.1) is 0 Å². The maximum absolute atomic E-state index is 11.5. The molecule has 0 bridgehead atoms. The SMILES string of the molecule is CC(=O)C(CO)NN(c1ccccc1)c1ccccc1. The summed E-state index contributed by atoms with van der Waals surface area (Å²) in [6, 6.07) is 18.7. The fourth-order valence-corrected chi connectivity index (χ4v) is 1.87. The van der Waals surface area contributed by atoms with Gasteiger partial charge >= 0.3 is 0 Å². The molecule has 0 amide bonds. The van der Waals surface area contributed by atoms with Crippen LogP contribution in [0.5, 0.6) is 0 Å². The zero-order valence-electron chi connectivity index (χ0n) is 11.4. The van der Waals surface area contributed by atoms with E-state index in [1.165, 1.54) is 6.92 Å². The number of aliphatic hydroxyl groups is 1. The molecule has 0 aliphatic carbocycles. The molecule has 0 radical (unpaired) electrons. The minimum absolute atomic E-state index is 0.107. The predicted molar refractivity (Wildman–Crippen MR) is 79.7 cm³/mol. The molecule has 104 valence electrons. The maximum atomic E-state index is 11.5. The highest BCUT2D eigenvalue weighted by molar-refractivity contribution is 5.82. The summed E-state index contributed by atoms with van der Waals surface area (Å²) >= 11 is 0. The molecular formula is C16H18N2O2. The van der Waals surface area contributed by atoms with Crippen LogP contribution in [0.25, 0.3) is 0 Å². The number of carbonyl (C=O) groups excluding carboxylic acids is 1. The lowest BCUT2D eigenvalue weighted by Crippen LogP contribution is -2.47. The van der Waals surface area contributed by atoms with Gasteiger partial charge in [0.15, 0.2) is 5.78 Å². The highest BCUT2D eigenvalue weighted by atomic mass is 16.3. The minimum Gasteiger partial charge on any atom is -0.394 e. The van der Waals surface area contributed by atoms with Gasteiger partial charge in [0, 0.05) is 0 Å². The maximum Gasteiger partial charge on any atom is 0.150 e. The average molecular weight is 270 g/mol. The van der Waals surface area contributed by atoms with E-state index in [1.807, 2.05) is 65.7 Å². The number of rotatable bonds is 6. The fraction of sp³-hybridized carbons (Fsp3) is 0.188. The number of carbonyl (C=O) groups is 1. The van der Waals surface area contributed by atoms with Crippen molar-refractivity contribution in [2.45, 2.75) is 13.0 Å². The largest absolute Gasteiger partial charge is 0.394 e. The molecule has 2 rings (SSSR count). The summed E-state index contributed by atoms with van der Waals surface area (Å²) < 4.78 is 0. The summed E-state index contributed by atoms with van der Waals surface area (Å²) in [5.74, 6) is -0.107. The van der Waals surface area contributed by atoms with Crippen LogP contribution >= 0.6 is 0 Å². The molecule has 20 heavy (non-hydrogen) atoms. The van der Waals surface area contributed by atoms with E-state index in [-0.39, 0.29) is 12.4 Å². The van der Waals surface area contributed by atoms with E-state index in [0.29, 0.717) is 0 Å². The average Bonchev–Trinajstić information content (AvgIpc) is 2.50. The Hall–Kier alpha value is -2.17. The lowest BCUT2D eigenvalue weighted by atomic mass is 10.2. The van der Waals surface area contributed by atoms with Gasteiger partial charge in [0.1, 0.15) is 6.04 Å². The van der Waals surface area contributed by atoms with E-state index in [0.717, 1.165) is 11.4 Å². The third-order valence-corrected chi connectivity index (χ3v) is 2.99. The first kappa shape index (κ1) is 14.2. The van der Waals surface area contributed by atoms with Gasteiger partial charge in [-0.3, -0.25) is 9.80 Å². The number of benzene rings is 2. The van der Waals surface area contributed by atoms with Crippen LogP contribution in [-0.4, -0.2) is 23.5 Å². The molecule has 1 atom stereocenters. The van der Waals surface area contributed by atoms with E-state index in [2.05, 4.69) is 5.43 Å². The van der Waals surface area contributed by atoms with Crippen molar-refractivity contribution in [1.82, 2.24) is 5.43 Å². The number of hydrogen-bond acceptors (Lipinski definition) is 4. The summed E-state index contributed by atoms with van der Waals surface area (Å²) in [5.41, 5.74) is 4.87. The summed E-state index contributed by atoms with van der Waals surface area (Å²) in [7, 11) is 0. The molecule has 2 N–H and O–H groups in total. The van der Waals surface area contributed by atoms with Crippen molar-refractivity contribution >= 4 is 17.2 Å². The Morgan fingerprint density at radius 1 is 1.05 bits per heavy atom. The highest BCUT2D eigenvalue weighted by Gasteiger charge is 2.18. The number of aliphatic hydroxyl groups excluding tert-OH is 1. The monoisotopic (exact) mass is 270 g/mol. The van der Waals surface area contributed by atoms with Crippen LogP contribution in [0.4, 0.5) is 11.4 Å². The van der Waals surface area contributed by atoms with Gasteiger partial charge in [0.05, 0.1) is 18.0 Å². The van der Waals surface area contributed by atoms with Gasteiger partial charge in [-0.1, -0.05) is 36.4 Å². The zero-order chi connectivity index (χ0) is 14.4. The number of hydrazine groups is 1. The second kappa shape index (κ2) is 6.84. The number of hydrogen-bond donors (Lipinski definition) is 2. The molecule has 0 heterocycles. The number of nitrogens with one attached hydrogen (secondary N) is 1. The van der Waals surface area contributed by atoms with Crippen LogP contribution in [0.1, 0.15) is 6.92 Å². The van der Waals surface area contributed by atoms with Gasteiger partial charge in [-0.05, 0) is 31.2 Å². The lowest BCUT2D eigenvalue weighted by Gasteiger charge is -2.29. The highest BCUT2D eigenvalue weighted by Crippen LogP contribution is 2.22. The Kier molecular flexibility index (Phi) is 4.87. The molecule has 0 fully saturated rings. The third kappa shape index (κ3) is 3.44. The van der Waals surface area contributed by atoms with Crippen molar-refractivity contribution in [3.63, 3.8) is 0 Å². The van der Waals surface area contributed by atoms with Crippen molar-refractivity contribution in [2.24, 2.45) is 0 Å². The second-order valence-corrected chi connectivity index (χ2v) is 4.48. The first-order chi connectivity index (χ1) is 9.72. The molecule has 1 unspecified atom stereocenters. The summed E-state index contributed by atoms with van der Waals surface area (Å²) in [5, 5.41) is 11.1. The van der Waals surface area contributed by atoms with Crippen LogP contribution in [0.15, 0.2) is 60.7 Å². The van der Waals surface area contributed by atoms with Crippen LogP contribution in [-0.2, 0) is 4.79 Å².